The molecule has 0 aliphatic carbocycles. The number of carbonyl (C=O) groups is 1. The molecule has 0 saturated heterocycles. The average molecular weight is 155 g/mol. The second-order valence-corrected chi connectivity index (χ2v) is 3.10. The molecule has 11 heavy (non-hydrogen) atoms. The van der Waals surface area contributed by atoms with Crippen LogP contribution in [0.25, 0.3) is 0 Å². The zero-order valence-electron chi connectivity index (χ0n) is 7.09. The Kier molecular flexibility index (Phi) is 1.89. The Labute approximate surface area is 66.3 Å². The normalized spacial score (nSPS) is 18.9. The number of carbonyl (C=O) groups excluding carboxylic acids is 1. The van der Waals surface area contributed by atoms with Crippen LogP contribution < -0.4 is 0 Å². The zero-order chi connectivity index (χ0) is 8.59. The van der Waals surface area contributed by atoms with Gasteiger partial charge in [0.2, 0.25) is 0 Å². The number of hydrogen-bond acceptors (Lipinski definition) is 2. The van der Waals surface area contributed by atoms with E-state index in [4.69, 9.17) is 0 Å². The lowest BCUT2D eigenvalue weighted by Gasteiger charge is -2.20. The van der Waals surface area contributed by atoms with E-state index >= 15 is 0 Å². The fourth-order valence-electron chi connectivity index (χ4n) is 1.11. The van der Waals surface area contributed by atoms with Gasteiger partial charge in [-0.15, -0.1) is 0 Å². The lowest BCUT2D eigenvalue weighted by Crippen LogP contribution is -2.33. The predicted molar refractivity (Wildman–Crippen MR) is 42.2 cm³/mol. The summed E-state index contributed by atoms with van der Waals surface area (Å²) in [7, 11) is 0. The van der Waals surface area contributed by atoms with Crippen molar-refractivity contribution in [3.8, 4) is 0 Å². The predicted octanol–water partition coefficient (Wildman–Crippen LogP) is 1.07. The van der Waals surface area contributed by atoms with Gasteiger partial charge in [-0.05, 0) is 20.8 Å². The van der Waals surface area contributed by atoms with Crippen molar-refractivity contribution in [3.05, 3.63) is 11.3 Å². The summed E-state index contributed by atoms with van der Waals surface area (Å²) >= 11 is 0. The third kappa shape index (κ3) is 1.23. The molecule has 1 aliphatic heterocycles. The van der Waals surface area contributed by atoms with Gasteiger partial charge in [0.15, 0.2) is 0 Å². The maximum Gasteiger partial charge on any atom is 0.253 e. The van der Waals surface area contributed by atoms with Crippen LogP contribution in [-0.4, -0.2) is 28.5 Å². The molecule has 3 heteroatoms. The molecule has 1 amide bonds. The molecule has 0 atom stereocenters. The van der Waals surface area contributed by atoms with Gasteiger partial charge in [-0.3, -0.25) is 4.79 Å². The molecule has 0 bridgehead atoms. The van der Waals surface area contributed by atoms with Gasteiger partial charge >= 0.3 is 0 Å². The first kappa shape index (κ1) is 8.11. The monoisotopic (exact) mass is 155 g/mol. The molecular weight excluding hydrogens is 142 g/mol. The van der Waals surface area contributed by atoms with Crippen molar-refractivity contribution in [2.75, 3.05) is 6.54 Å². The molecule has 0 radical (unpaired) electrons. The molecule has 0 spiro atoms. The van der Waals surface area contributed by atoms with Crippen LogP contribution >= 0.6 is 0 Å². The Morgan fingerprint density at radius 3 is 2.27 bits per heavy atom. The van der Waals surface area contributed by atoms with Gasteiger partial charge in [-0.2, -0.15) is 0 Å². The maximum absolute atomic E-state index is 11.3. The lowest BCUT2D eigenvalue weighted by atomic mass is 10.3. The minimum atomic E-state index is -0.0440. The number of rotatable bonds is 1. The van der Waals surface area contributed by atoms with E-state index < -0.39 is 0 Å². The van der Waals surface area contributed by atoms with E-state index in [1.807, 2.05) is 13.8 Å². The molecule has 0 saturated carbocycles. The number of aliphatic hydroxyl groups is 1. The largest absolute Gasteiger partial charge is 0.510 e. The highest BCUT2D eigenvalue weighted by Crippen LogP contribution is 2.18. The van der Waals surface area contributed by atoms with Crippen LogP contribution in [0, 0.1) is 0 Å². The SMILES string of the molecule is CC1=C(O)CN(C(C)C)C1=O. The smallest absolute Gasteiger partial charge is 0.253 e. The third-order valence-corrected chi connectivity index (χ3v) is 1.96. The van der Waals surface area contributed by atoms with Gasteiger partial charge in [-0.25, -0.2) is 0 Å². The van der Waals surface area contributed by atoms with Crippen LogP contribution in [0.1, 0.15) is 20.8 Å². The van der Waals surface area contributed by atoms with Gasteiger partial charge in [0.25, 0.3) is 5.91 Å². The van der Waals surface area contributed by atoms with E-state index in [2.05, 4.69) is 0 Å². The summed E-state index contributed by atoms with van der Waals surface area (Å²) in [6, 6.07) is 0.169. The van der Waals surface area contributed by atoms with E-state index in [0.29, 0.717) is 12.1 Å². The number of amides is 1. The first-order chi connectivity index (χ1) is 5.04. The Balaban J connectivity index is 2.79. The van der Waals surface area contributed by atoms with E-state index in [-0.39, 0.29) is 17.7 Å². The van der Waals surface area contributed by atoms with Gasteiger partial charge in [0.1, 0.15) is 5.76 Å². The standard InChI is InChI=1S/C8H13NO2/c1-5(2)9-4-7(10)6(3)8(9)11/h5,10H,4H2,1-3H3. The molecule has 1 heterocycles. The number of aliphatic hydroxyl groups excluding tert-OH is 1. The third-order valence-electron chi connectivity index (χ3n) is 1.96. The topological polar surface area (TPSA) is 40.5 Å². The van der Waals surface area contributed by atoms with Crippen molar-refractivity contribution in [2.24, 2.45) is 0 Å². The van der Waals surface area contributed by atoms with Crippen molar-refractivity contribution >= 4 is 5.91 Å². The van der Waals surface area contributed by atoms with Crippen LogP contribution in [0.5, 0.6) is 0 Å². The van der Waals surface area contributed by atoms with Crippen molar-refractivity contribution < 1.29 is 9.90 Å². The summed E-state index contributed by atoms with van der Waals surface area (Å²) in [6.07, 6.45) is 0. The van der Waals surface area contributed by atoms with E-state index in [0.717, 1.165) is 0 Å². The highest BCUT2D eigenvalue weighted by atomic mass is 16.3. The molecule has 0 aromatic heterocycles. The molecule has 1 aliphatic rings. The first-order valence-corrected chi connectivity index (χ1v) is 3.73. The van der Waals surface area contributed by atoms with Crippen molar-refractivity contribution in [1.82, 2.24) is 4.90 Å². The summed E-state index contributed by atoms with van der Waals surface area (Å²) in [5.74, 6) is 0.168. The van der Waals surface area contributed by atoms with Gasteiger partial charge in [-0.1, -0.05) is 0 Å². The van der Waals surface area contributed by atoms with Gasteiger partial charge in [0, 0.05) is 6.04 Å². The first-order valence-electron chi connectivity index (χ1n) is 3.73. The average Bonchev–Trinajstić information content (AvgIpc) is 2.17. The van der Waals surface area contributed by atoms with E-state index in [1.165, 1.54) is 0 Å². The second-order valence-electron chi connectivity index (χ2n) is 3.10. The highest BCUT2D eigenvalue weighted by Gasteiger charge is 2.28. The Morgan fingerprint density at radius 1 is 1.55 bits per heavy atom. The molecule has 0 aromatic rings. The molecular formula is C8H13NO2. The second kappa shape index (κ2) is 2.57. The van der Waals surface area contributed by atoms with Crippen LogP contribution in [0.2, 0.25) is 0 Å². The summed E-state index contributed by atoms with van der Waals surface area (Å²) in [4.78, 5) is 12.9. The number of hydrogen-bond donors (Lipinski definition) is 1. The molecule has 0 unspecified atom stereocenters. The number of nitrogens with zero attached hydrogens (tertiary/aromatic N) is 1. The summed E-state index contributed by atoms with van der Waals surface area (Å²) in [5, 5.41) is 9.20. The summed E-state index contributed by atoms with van der Waals surface area (Å²) in [5.41, 5.74) is 0.485. The molecule has 0 fully saturated rings. The summed E-state index contributed by atoms with van der Waals surface area (Å²) < 4.78 is 0. The Bertz CT molecular complexity index is 218. The van der Waals surface area contributed by atoms with Crippen LogP contribution in [-0.2, 0) is 4.79 Å². The Hall–Kier alpha value is -0.990. The fraction of sp³-hybridized carbons (Fsp3) is 0.625. The summed E-state index contributed by atoms with van der Waals surface area (Å²) in [6.45, 7) is 5.90. The zero-order valence-corrected chi connectivity index (χ0v) is 7.09. The highest BCUT2D eigenvalue weighted by molar-refractivity contribution is 5.96. The maximum atomic E-state index is 11.3. The molecule has 62 valence electrons. The fourth-order valence-corrected chi connectivity index (χ4v) is 1.11. The molecule has 1 N–H and O–H groups in total. The molecule has 1 rings (SSSR count). The van der Waals surface area contributed by atoms with Crippen LogP contribution in [0.3, 0.4) is 0 Å². The van der Waals surface area contributed by atoms with Crippen LogP contribution in [0.15, 0.2) is 11.3 Å². The Morgan fingerprint density at radius 2 is 2.09 bits per heavy atom. The van der Waals surface area contributed by atoms with E-state index in [9.17, 15) is 9.90 Å². The minimum Gasteiger partial charge on any atom is -0.510 e. The van der Waals surface area contributed by atoms with Crippen LogP contribution in [0.4, 0.5) is 0 Å². The van der Waals surface area contributed by atoms with Crippen molar-refractivity contribution in [2.45, 2.75) is 26.8 Å². The van der Waals surface area contributed by atoms with Crippen molar-refractivity contribution in [1.29, 1.82) is 0 Å². The molecule has 0 aromatic carbocycles. The van der Waals surface area contributed by atoms with Crippen molar-refractivity contribution in [3.63, 3.8) is 0 Å². The van der Waals surface area contributed by atoms with E-state index in [1.54, 1.807) is 11.8 Å². The molecule has 3 nitrogen and oxygen atoms in total. The van der Waals surface area contributed by atoms with Gasteiger partial charge in [0.05, 0.1) is 12.1 Å². The quantitative estimate of drug-likeness (QED) is 0.615. The van der Waals surface area contributed by atoms with Gasteiger partial charge < -0.3 is 10.0 Å². The minimum absolute atomic E-state index is 0.0440. The lowest BCUT2D eigenvalue weighted by molar-refractivity contribution is -0.126.